The van der Waals surface area contributed by atoms with Crippen LogP contribution >= 0.6 is 0 Å². The van der Waals surface area contributed by atoms with Crippen molar-refractivity contribution in [1.29, 1.82) is 0 Å². The largest absolute Gasteiger partial charge is 0.336 e. The molecule has 206 valence electrons. The van der Waals surface area contributed by atoms with Gasteiger partial charge in [0.15, 0.2) is 0 Å². The van der Waals surface area contributed by atoms with Crippen LogP contribution in [-0.4, -0.2) is 41.4 Å². The van der Waals surface area contributed by atoms with Crippen LogP contribution in [0.1, 0.15) is 42.0 Å². The van der Waals surface area contributed by atoms with Crippen LogP contribution in [0.2, 0.25) is 0 Å². The zero-order valence-corrected chi connectivity index (χ0v) is 23.6. The summed E-state index contributed by atoms with van der Waals surface area (Å²) in [5, 5.41) is 3.58. The Kier molecular flexibility index (Phi) is 9.78. The van der Waals surface area contributed by atoms with Gasteiger partial charge >= 0.3 is 0 Å². The fraction of sp³-hybridized carbons (Fsp3) is 0.306. The third-order valence-electron chi connectivity index (χ3n) is 7.95. The van der Waals surface area contributed by atoms with E-state index in [1.807, 2.05) is 0 Å². The molecule has 0 aliphatic carbocycles. The maximum Gasteiger partial charge on any atom is 0.219 e. The Morgan fingerprint density at radius 2 is 1.32 bits per heavy atom. The van der Waals surface area contributed by atoms with Crippen molar-refractivity contribution < 1.29 is 4.79 Å². The zero-order valence-electron chi connectivity index (χ0n) is 23.6. The normalized spacial score (nSPS) is 14.2. The summed E-state index contributed by atoms with van der Waals surface area (Å²) in [6.07, 6.45) is 3.07. The fourth-order valence-corrected chi connectivity index (χ4v) is 5.75. The standard InChI is InChI=1S/C36H41N3O/c1-29(40)39(36-19-22-38(23-20-36)27-31-12-6-3-7-13-31)28-33-15-9-17-35(25-33)34-16-8-14-32(24-34)26-37-21-18-30-10-4-2-5-11-30/h2-17,24-25,36-37H,18-23,26-28H2,1H3. The lowest BCUT2D eigenvalue weighted by Gasteiger charge is -2.38. The highest BCUT2D eigenvalue weighted by Gasteiger charge is 2.26. The van der Waals surface area contributed by atoms with Crippen molar-refractivity contribution in [3.8, 4) is 11.1 Å². The van der Waals surface area contributed by atoms with Gasteiger partial charge in [-0.05, 0) is 71.3 Å². The first-order chi connectivity index (χ1) is 19.6. The highest BCUT2D eigenvalue weighted by Crippen LogP contribution is 2.25. The lowest BCUT2D eigenvalue weighted by Crippen LogP contribution is -2.46. The Morgan fingerprint density at radius 1 is 0.750 bits per heavy atom. The van der Waals surface area contributed by atoms with E-state index in [0.717, 1.165) is 52.0 Å². The van der Waals surface area contributed by atoms with Crippen molar-refractivity contribution in [2.75, 3.05) is 19.6 Å². The third kappa shape index (κ3) is 7.91. The number of hydrogen-bond donors (Lipinski definition) is 1. The second kappa shape index (κ2) is 14.1. The average Bonchev–Trinajstić information content (AvgIpc) is 3.00. The first kappa shape index (κ1) is 27.8. The minimum Gasteiger partial charge on any atom is -0.336 e. The lowest BCUT2D eigenvalue weighted by molar-refractivity contribution is -0.132. The van der Waals surface area contributed by atoms with E-state index < -0.39 is 0 Å². The average molecular weight is 532 g/mol. The summed E-state index contributed by atoms with van der Waals surface area (Å²) >= 11 is 0. The van der Waals surface area contributed by atoms with Crippen LogP contribution in [0, 0.1) is 0 Å². The van der Waals surface area contributed by atoms with E-state index in [-0.39, 0.29) is 5.91 Å². The van der Waals surface area contributed by atoms with Crippen LogP contribution in [-0.2, 0) is 30.8 Å². The molecule has 4 nitrogen and oxygen atoms in total. The molecule has 1 heterocycles. The molecule has 0 aromatic heterocycles. The summed E-state index contributed by atoms with van der Waals surface area (Å²) in [4.78, 5) is 17.3. The van der Waals surface area contributed by atoms with E-state index in [1.165, 1.54) is 33.4 Å². The maximum absolute atomic E-state index is 12.7. The SMILES string of the molecule is CC(=O)N(Cc1cccc(-c2cccc(CNCCc3ccccc3)c2)c1)C1CCN(Cc2ccccc2)CC1. The van der Waals surface area contributed by atoms with Gasteiger partial charge in [-0.1, -0.05) is 97.1 Å². The summed E-state index contributed by atoms with van der Waals surface area (Å²) in [6.45, 7) is 7.21. The lowest BCUT2D eigenvalue weighted by atomic mass is 9.99. The molecular formula is C36H41N3O. The Morgan fingerprint density at radius 3 is 1.98 bits per heavy atom. The number of rotatable bonds is 11. The second-order valence-electron chi connectivity index (χ2n) is 11.0. The highest BCUT2D eigenvalue weighted by atomic mass is 16.2. The molecule has 1 aliphatic heterocycles. The number of amides is 1. The van der Waals surface area contributed by atoms with Crippen LogP contribution in [0.25, 0.3) is 11.1 Å². The summed E-state index contributed by atoms with van der Waals surface area (Å²) in [7, 11) is 0. The summed E-state index contributed by atoms with van der Waals surface area (Å²) in [6, 6.07) is 39.0. The Labute approximate surface area is 239 Å². The molecule has 0 bridgehead atoms. The number of carbonyl (C=O) groups excluding carboxylic acids is 1. The van der Waals surface area contributed by atoms with E-state index in [1.54, 1.807) is 6.92 Å². The van der Waals surface area contributed by atoms with Gasteiger partial charge in [-0.25, -0.2) is 0 Å². The van der Waals surface area contributed by atoms with Crippen LogP contribution < -0.4 is 5.32 Å². The molecule has 1 amide bonds. The molecule has 0 radical (unpaired) electrons. The molecule has 1 aliphatic rings. The van der Waals surface area contributed by atoms with Crippen LogP contribution in [0.3, 0.4) is 0 Å². The molecule has 40 heavy (non-hydrogen) atoms. The van der Waals surface area contributed by atoms with Gasteiger partial charge in [0.05, 0.1) is 0 Å². The molecule has 4 heteroatoms. The molecule has 1 N–H and O–H groups in total. The monoisotopic (exact) mass is 531 g/mol. The summed E-state index contributed by atoms with van der Waals surface area (Å²) in [5.74, 6) is 0.162. The molecule has 0 spiro atoms. The van der Waals surface area contributed by atoms with Crippen molar-refractivity contribution in [1.82, 2.24) is 15.1 Å². The summed E-state index contributed by atoms with van der Waals surface area (Å²) < 4.78 is 0. The highest BCUT2D eigenvalue weighted by molar-refractivity contribution is 5.74. The predicted molar refractivity (Wildman–Crippen MR) is 165 cm³/mol. The van der Waals surface area contributed by atoms with E-state index in [9.17, 15) is 4.79 Å². The van der Waals surface area contributed by atoms with Gasteiger partial charge in [-0.15, -0.1) is 0 Å². The number of carbonyl (C=O) groups is 1. The first-order valence-corrected chi connectivity index (χ1v) is 14.6. The Balaban J connectivity index is 1.17. The van der Waals surface area contributed by atoms with E-state index in [2.05, 4.69) is 124 Å². The van der Waals surface area contributed by atoms with Crippen molar-refractivity contribution in [3.63, 3.8) is 0 Å². The first-order valence-electron chi connectivity index (χ1n) is 14.6. The number of hydrogen-bond acceptors (Lipinski definition) is 3. The molecule has 5 rings (SSSR count). The molecule has 1 fully saturated rings. The van der Waals surface area contributed by atoms with Gasteiger partial charge in [0.2, 0.25) is 5.91 Å². The molecule has 1 saturated heterocycles. The number of nitrogens with zero attached hydrogens (tertiary/aromatic N) is 2. The number of nitrogens with one attached hydrogen (secondary N) is 1. The third-order valence-corrected chi connectivity index (χ3v) is 7.95. The molecule has 0 saturated carbocycles. The van der Waals surface area contributed by atoms with Gasteiger partial charge in [0, 0.05) is 45.7 Å². The molecule has 0 atom stereocenters. The summed E-state index contributed by atoms with van der Waals surface area (Å²) in [5.41, 5.74) is 7.60. The minimum absolute atomic E-state index is 0.162. The molecular weight excluding hydrogens is 490 g/mol. The fourth-order valence-electron chi connectivity index (χ4n) is 5.75. The zero-order chi connectivity index (χ0) is 27.6. The molecule has 4 aromatic rings. The number of benzene rings is 4. The van der Waals surface area contributed by atoms with Crippen molar-refractivity contribution in [3.05, 3.63) is 131 Å². The molecule has 4 aromatic carbocycles. The van der Waals surface area contributed by atoms with Gasteiger partial charge < -0.3 is 10.2 Å². The minimum atomic E-state index is 0.162. The van der Waals surface area contributed by atoms with Gasteiger partial charge in [0.1, 0.15) is 0 Å². The quantitative estimate of drug-likeness (QED) is 0.219. The van der Waals surface area contributed by atoms with Crippen molar-refractivity contribution in [2.45, 2.75) is 51.9 Å². The molecule has 0 unspecified atom stereocenters. The van der Waals surface area contributed by atoms with Gasteiger partial charge in [-0.2, -0.15) is 0 Å². The Hall–Kier alpha value is -3.73. The topological polar surface area (TPSA) is 35.6 Å². The van der Waals surface area contributed by atoms with E-state index in [0.29, 0.717) is 12.6 Å². The van der Waals surface area contributed by atoms with Gasteiger partial charge in [0.25, 0.3) is 0 Å². The number of piperidine rings is 1. The van der Waals surface area contributed by atoms with Crippen LogP contribution in [0.15, 0.2) is 109 Å². The van der Waals surface area contributed by atoms with Crippen LogP contribution in [0.4, 0.5) is 0 Å². The Bertz CT molecular complexity index is 1350. The predicted octanol–water partition coefficient (Wildman–Crippen LogP) is 6.70. The second-order valence-corrected chi connectivity index (χ2v) is 11.0. The smallest absolute Gasteiger partial charge is 0.219 e. The maximum atomic E-state index is 12.7. The van der Waals surface area contributed by atoms with Gasteiger partial charge in [-0.3, -0.25) is 9.69 Å². The van der Waals surface area contributed by atoms with E-state index in [4.69, 9.17) is 0 Å². The van der Waals surface area contributed by atoms with Crippen molar-refractivity contribution >= 4 is 5.91 Å². The van der Waals surface area contributed by atoms with Crippen LogP contribution in [0.5, 0.6) is 0 Å². The van der Waals surface area contributed by atoms with E-state index >= 15 is 0 Å². The number of likely N-dealkylation sites (tertiary alicyclic amines) is 1. The van der Waals surface area contributed by atoms with Crippen molar-refractivity contribution in [2.24, 2.45) is 0 Å².